The van der Waals surface area contributed by atoms with Gasteiger partial charge in [0.1, 0.15) is 16.7 Å². The second kappa shape index (κ2) is 9.80. The molecule has 10 rings (SSSR count). The first kappa shape index (κ1) is 25.4. The maximum Gasteiger partial charge on any atom is 0.227 e. The van der Waals surface area contributed by atoms with Gasteiger partial charge in [-0.25, -0.2) is 4.98 Å². The molecule has 5 heteroatoms. The summed E-state index contributed by atoms with van der Waals surface area (Å²) in [5.74, 6) is 0.629. The highest BCUT2D eigenvalue weighted by molar-refractivity contribution is 7.25. The number of anilines is 3. The van der Waals surface area contributed by atoms with Crippen LogP contribution >= 0.6 is 11.3 Å². The maximum absolute atomic E-state index is 6.36. The zero-order valence-corrected chi connectivity index (χ0v) is 25.3. The predicted molar refractivity (Wildman–Crippen MR) is 192 cm³/mol. The van der Waals surface area contributed by atoms with Gasteiger partial charge in [0.2, 0.25) is 5.89 Å². The molecule has 216 valence electrons. The van der Waals surface area contributed by atoms with Crippen LogP contribution in [-0.4, -0.2) is 4.98 Å². The third-order valence-electron chi connectivity index (χ3n) is 8.87. The fourth-order valence-corrected chi connectivity index (χ4v) is 7.79. The summed E-state index contributed by atoms with van der Waals surface area (Å²) >= 11 is 1.83. The number of hydrogen-bond acceptors (Lipinski definition) is 5. The molecule has 3 heterocycles. The van der Waals surface area contributed by atoms with E-state index in [4.69, 9.17) is 13.8 Å². The molecule has 0 aliphatic carbocycles. The summed E-state index contributed by atoms with van der Waals surface area (Å²) in [7, 11) is 0. The Kier molecular flexibility index (Phi) is 5.41. The lowest BCUT2D eigenvalue weighted by atomic mass is 10.1. The summed E-state index contributed by atoms with van der Waals surface area (Å²) < 4.78 is 15.3. The lowest BCUT2D eigenvalue weighted by Gasteiger charge is -2.26. The van der Waals surface area contributed by atoms with E-state index in [0.717, 1.165) is 66.4 Å². The minimum Gasteiger partial charge on any atom is -0.456 e. The molecule has 0 atom stereocenters. The van der Waals surface area contributed by atoms with E-state index in [1.165, 1.54) is 20.2 Å². The van der Waals surface area contributed by atoms with Gasteiger partial charge in [0, 0.05) is 65.0 Å². The SMILES string of the molecule is c1ccc(-c2nc3ccc4cc(N(c5ccc6c(c5)oc5ccccc56)c5ccc6sc7ccccc7c6c5)ccc4c3o2)cc1. The summed E-state index contributed by atoms with van der Waals surface area (Å²) in [6.45, 7) is 0. The van der Waals surface area contributed by atoms with Crippen molar-refractivity contribution >= 4 is 92.4 Å². The van der Waals surface area contributed by atoms with Gasteiger partial charge in [-0.3, -0.25) is 0 Å². The number of thiophene rings is 1. The second-order valence-electron chi connectivity index (χ2n) is 11.6. The number of benzene rings is 7. The van der Waals surface area contributed by atoms with Crippen molar-refractivity contribution in [1.82, 2.24) is 4.98 Å². The van der Waals surface area contributed by atoms with E-state index in [1.807, 2.05) is 59.9 Å². The molecule has 0 saturated carbocycles. The molecule has 0 saturated heterocycles. The average Bonchev–Trinajstić information content (AvgIpc) is 3.82. The van der Waals surface area contributed by atoms with Gasteiger partial charge < -0.3 is 13.7 Å². The Hall–Kier alpha value is -5.91. The van der Waals surface area contributed by atoms with E-state index in [9.17, 15) is 0 Å². The monoisotopic (exact) mass is 608 g/mol. The van der Waals surface area contributed by atoms with Crippen molar-refractivity contribution in [2.24, 2.45) is 0 Å². The third kappa shape index (κ3) is 3.89. The van der Waals surface area contributed by atoms with Crippen LogP contribution < -0.4 is 4.90 Å². The van der Waals surface area contributed by atoms with Gasteiger partial charge in [-0.15, -0.1) is 11.3 Å². The number of fused-ring (bicyclic) bond motifs is 9. The summed E-state index contributed by atoms with van der Waals surface area (Å²) in [6, 6.07) is 50.9. The topological polar surface area (TPSA) is 42.4 Å². The normalized spacial score (nSPS) is 11.9. The van der Waals surface area contributed by atoms with Crippen LogP contribution in [0.2, 0.25) is 0 Å². The Morgan fingerprint density at radius 3 is 2.09 bits per heavy atom. The van der Waals surface area contributed by atoms with E-state index in [-0.39, 0.29) is 0 Å². The molecule has 0 N–H and O–H groups in total. The first-order valence-corrected chi connectivity index (χ1v) is 16.1. The number of rotatable bonds is 4. The molecule has 0 fully saturated rings. The van der Waals surface area contributed by atoms with E-state index in [2.05, 4.69) is 102 Å². The molecule has 3 aromatic heterocycles. The second-order valence-corrected chi connectivity index (χ2v) is 12.7. The minimum atomic E-state index is 0.629. The average molecular weight is 609 g/mol. The van der Waals surface area contributed by atoms with Crippen LogP contribution in [0.15, 0.2) is 154 Å². The standard InChI is InChI=1S/C41H24N2O2S/c1-2-8-25(9-3-1)41-42-35-20-14-26-22-27(15-18-30(26)40(35)45-41)43(28-17-21-39-34(23-28)33-11-5-7-13-38(33)46-39)29-16-19-32-31-10-4-6-12-36(31)44-37(32)24-29/h1-24H. The zero-order valence-electron chi connectivity index (χ0n) is 24.5. The van der Waals surface area contributed by atoms with Crippen molar-refractivity contribution in [3.05, 3.63) is 146 Å². The van der Waals surface area contributed by atoms with Crippen molar-refractivity contribution in [3.8, 4) is 11.5 Å². The molecule has 0 aliphatic heterocycles. The lowest BCUT2D eigenvalue weighted by molar-refractivity contribution is 0.623. The Balaban J connectivity index is 1.18. The highest BCUT2D eigenvalue weighted by Gasteiger charge is 2.19. The Morgan fingerprint density at radius 1 is 0.478 bits per heavy atom. The first-order chi connectivity index (χ1) is 22.8. The third-order valence-corrected chi connectivity index (χ3v) is 10.0. The zero-order chi connectivity index (χ0) is 30.2. The molecule has 0 unspecified atom stereocenters. The van der Waals surface area contributed by atoms with Gasteiger partial charge in [-0.1, -0.05) is 60.7 Å². The smallest absolute Gasteiger partial charge is 0.227 e. The molecule has 0 amide bonds. The molecular formula is C41H24N2O2S. The van der Waals surface area contributed by atoms with Crippen molar-refractivity contribution in [1.29, 1.82) is 0 Å². The molecule has 7 aromatic carbocycles. The first-order valence-electron chi connectivity index (χ1n) is 15.3. The lowest BCUT2D eigenvalue weighted by Crippen LogP contribution is -2.09. The van der Waals surface area contributed by atoms with Crippen LogP contribution in [0.5, 0.6) is 0 Å². The van der Waals surface area contributed by atoms with Gasteiger partial charge >= 0.3 is 0 Å². The van der Waals surface area contributed by atoms with Crippen molar-refractivity contribution in [2.45, 2.75) is 0 Å². The fourth-order valence-electron chi connectivity index (χ4n) is 6.70. The van der Waals surface area contributed by atoms with Crippen LogP contribution in [0.4, 0.5) is 17.1 Å². The Labute approximate surface area is 267 Å². The molecule has 10 aromatic rings. The van der Waals surface area contributed by atoms with Gasteiger partial charge in [0.15, 0.2) is 5.58 Å². The Morgan fingerprint density at radius 2 is 1.17 bits per heavy atom. The van der Waals surface area contributed by atoms with Gasteiger partial charge in [0.25, 0.3) is 0 Å². The largest absolute Gasteiger partial charge is 0.456 e. The van der Waals surface area contributed by atoms with E-state index >= 15 is 0 Å². The highest BCUT2D eigenvalue weighted by Crippen LogP contribution is 2.43. The number of para-hydroxylation sites is 1. The molecule has 0 aliphatic rings. The Bertz CT molecular complexity index is 2770. The number of oxazole rings is 1. The minimum absolute atomic E-state index is 0.629. The van der Waals surface area contributed by atoms with Gasteiger partial charge in [0.05, 0.1) is 0 Å². The summed E-state index contributed by atoms with van der Waals surface area (Å²) in [4.78, 5) is 7.11. The fraction of sp³-hybridized carbons (Fsp3) is 0. The van der Waals surface area contributed by atoms with Crippen molar-refractivity contribution in [2.75, 3.05) is 4.90 Å². The van der Waals surface area contributed by atoms with Gasteiger partial charge in [-0.05, 0) is 84.2 Å². The van der Waals surface area contributed by atoms with E-state index < -0.39 is 0 Å². The molecule has 0 radical (unpaired) electrons. The predicted octanol–water partition coefficient (Wildman–Crippen LogP) is 12.4. The number of aromatic nitrogens is 1. The van der Waals surface area contributed by atoms with Crippen LogP contribution in [0.3, 0.4) is 0 Å². The van der Waals surface area contributed by atoms with E-state index in [0.29, 0.717) is 5.89 Å². The summed E-state index contributed by atoms with van der Waals surface area (Å²) in [6.07, 6.45) is 0. The molecule has 4 nitrogen and oxygen atoms in total. The van der Waals surface area contributed by atoms with Crippen molar-refractivity contribution in [3.63, 3.8) is 0 Å². The summed E-state index contributed by atoms with van der Waals surface area (Å²) in [5, 5.41) is 6.88. The van der Waals surface area contributed by atoms with Crippen LogP contribution in [0.25, 0.3) is 75.4 Å². The van der Waals surface area contributed by atoms with Crippen molar-refractivity contribution < 1.29 is 8.83 Å². The molecular weight excluding hydrogens is 585 g/mol. The summed E-state index contributed by atoms with van der Waals surface area (Å²) in [5.41, 5.74) is 7.52. The number of hydrogen-bond donors (Lipinski definition) is 0. The molecule has 0 bridgehead atoms. The van der Waals surface area contributed by atoms with Crippen LogP contribution in [0, 0.1) is 0 Å². The molecule has 46 heavy (non-hydrogen) atoms. The molecule has 0 spiro atoms. The van der Waals surface area contributed by atoms with Crippen LogP contribution in [-0.2, 0) is 0 Å². The van der Waals surface area contributed by atoms with Crippen LogP contribution in [0.1, 0.15) is 0 Å². The highest BCUT2D eigenvalue weighted by atomic mass is 32.1. The quantitative estimate of drug-likeness (QED) is 0.199. The maximum atomic E-state index is 6.36. The number of nitrogens with zero attached hydrogens (tertiary/aromatic N) is 2. The van der Waals surface area contributed by atoms with E-state index in [1.54, 1.807) is 0 Å². The van der Waals surface area contributed by atoms with Gasteiger partial charge in [-0.2, -0.15) is 0 Å². The number of furan rings is 1.